The SMILES string of the molecule is c1ccc(-c2cccc(-c3cc(-c4ccccc4)nc(-c4cc(-c5ccc6c7ccccc7c7ccccc7c6c5)cc(-n5c6ccccc6c6ccc(-c7ccccc7)cc65)c4)n3)c2)cc1. The van der Waals surface area contributed by atoms with Crippen LogP contribution in [0.15, 0.2) is 249 Å². The molecule has 3 heteroatoms. The molecule has 0 saturated carbocycles. The van der Waals surface area contributed by atoms with Gasteiger partial charge in [-0.05, 0) is 114 Å². The quantitative estimate of drug-likeness (QED) is 0.150. The molecule has 67 heavy (non-hydrogen) atoms. The average molecular weight is 852 g/mol. The third kappa shape index (κ3) is 6.76. The third-order valence-corrected chi connectivity index (χ3v) is 13.4. The Bertz CT molecular complexity index is 3990. The van der Waals surface area contributed by atoms with Crippen LogP contribution in [0.5, 0.6) is 0 Å². The smallest absolute Gasteiger partial charge is 0.160 e. The number of benzene rings is 11. The van der Waals surface area contributed by atoms with Gasteiger partial charge in [0.05, 0.1) is 22.4 Å². The largest absolute Gasteiger partial charge is 0.309 e. The Hall–Kier alpha value is -8.92. The third-order valence-electron chi connectivity index (χ3n) is 13.4. The summed E-state index contributed by atoms with van der Waals surface area (Å²) in [7, 11) is 0. The first kappa shape index (κ1) is 38.5. The fourth-order valence-corrected chi connectivity index (χ4v) is 10.2. The Morgan fingerprint density at radius 3 is 1.31 bits per heavy atom. The van der Waals surface area contributed by atoms with Gasteiger partial charge in [-0.15, -0.1) is 0 Å². The van der Waals surface area contributed by atoms with Crippen LogP contribution in [0, 0.1) is 0 Å². The monoisotopic (exact) mass is 851 g/mol. The molecule has 0 spiro atoms. The molecule has 0 amide bonds. The van der Waals surface area contributed by atoms with Crippen molar-refractivity contribution < 1.29 is 0 Å². The zero-order chi connectivity index (χ0) is 44.3. The molecule has 11 aromatic carbocycles. The molecular formula is C64H41N3. The topological polar surface area (TPSA) is 30.7 Å². The Balaban J connectivity index is 1.09. The van der Waals surface area contributed by atoms with Crippen molar-refractivity contribution >= 4 is 54.1 Å². The van der Waals surface area contributed by atoms with Gasteiger partial charge in [-0.1, -0.05) is 200 Å². The summed E-state index contributed by atoms with van der Waals surface area (Å²) in [6.45, 7) is 0. The standard InChI is InChI=1S/C64H41N3/c1-4-17-42(18-5-1)45-23-16-24-48(35-45)61-41-60(44-21-8-3-9-22-44)65-64(66-61)50-36-49(46-31-33-56-54-27-11-10-25-52(54)53-26-12-13-28-55(53)59(56)39-46)37-51(38-50)67-62-30-15-14-29-57(62)58-34-32-47(40-63(58)67)43-19-6-2-7-20-43/h1-41H. The lowest BCUT2D eigenvalue weighted by Crippen LogP contribution is -1.99. The minimum absolute atomic E-state index is 0.660. The highest BCUT2D eigenvalue weighted by Gasteiger charge is 2.19. The molecule has 0 radical (unpaired) electrons. The summed E-state index contributed by atoms with van der Waals surface area (Å²) in [5, 5.41) is 9.90. The number of hydrogen-bond acceptors (Lipinski definition) is 2. The van der Waals surface area contributed by atoms with Gasteiger partial charge in [-0.3, -0.25) is 0 Å². The molecule has 3 nitrogen and oxygen atoms in total. The van der Waals surface area contributed by atoms with Gasteiger partial charge in [0.2, 0.25) is 0 Å². The summed E-state index contributed by atoms with van der Waals surface area (Å²) in [5.41, 5.74) is 14.9. The summed E-state index contributed by atoms with van der Waals surface area (Å²) >= 11 is 0. The number of nitrogens with zero attached hydrogens (tertiary/aromatic N) is 3. The first-order chi connectivity index (χ1) is 33.2. The Labute approximate surface area is 388 Å². The lowest BCUT2D eigenvalue weighted by Gasteiger charge is -2.16. The molecule has 0 bridgehead atoms. The molecule has 0 N–H and O–H groups in total. The van der Waals surface area contributed by atoms with Crippen molar-refractivity contribution in [3.05, 3.63) is 249 Å². The number of aromatic nitrogens is 3. The van der Waals surface area contributed by atoms with Crippen molar-refractivity contribution in [3.8, 4) is 73.0 Å². The minimum atomic E-state index is 0.660. The first-order valence-electron chi connectivity index (χ1n) is 22.9. The van der Waals surface area contributed by atoms with E-state index in [-0.39, 0.29) is 0 Å². The van der Waals surface area contributed by atoms with Crippen LogP contribution < -0.4 is 0 Å². The minimum Gasteiger partial charge on any atom is -0.309 e. The highest BCUT2D eigenvalue weighted by Crippen LogP contribution is 2.41. The number of fused-ring (bicyclic) bond motifs is 9. The highest BCUT2D eigenvalue weighted by atomic mass is 15.0. The first-order valence-corrected chi connectivity index (χ1v) is 22.9. The second-order valence-corrected chi connectivity index (χ2v) is 17.3. The van der Waals surface area contributed by atoms with E-state index < -0.39 is 0 Å². The van der Waals surface area contributed by atoms with Crippen LogP contribution in [-0.4, -0.2) is 14.5 Å². The van der Waals surface area contributed by atoms with E-state index in [9.17, 15) is 0 Å². The Morgan fingerprint density at radius 1 is 0.224 bits per heavy atom. The van der Waals surface area contributed by atoms with Crippen molar-refractivity contribution in [3.63, 3.8) is 0 Å². The van der Waals surface area contributed by atoms with Gasteiger partial charge in [-0.25, -0.2) is 9.97 Å². The van der Waals surface area contributed by atoms with E-state index in [2.05, 4.69) is 253 Å². The van der Waals surface area contributed by atoms with E-state index in [1.807, 2.05) is 0 Å². The normalized spacial score (nSPS) is 11.6. The van der Waals surface area contributed by atoms with Crippen molar-refractivity contribution in [2.75, 3.05) is 0 Å². The second-order valence-electron chi connectivity index (χ2n) is 17.3. The van der Waals surface area contributed by atoms with Gasteiger partial charge < -0.3 is 4.57 Å². The van der Waals surface area contributed by atoms with E-state index in [1.165, 1.54) is 54.2 Å². The molecule has 0 aliphatic rings. The van der Waals surface area contributed by atoms with Crippen molar-refractivity contribution in [1.29, 1.82) is 0 Å². The maximum Gasteiger partial charge on any atom is 0.160 e. The van der Waals surface area contributed by atoms with Gasteiger partial charge in [0.25, 0.3) is 0 Å². The lowest BCUT2D eigenvalue weighted by atomic mass is 9.91. The molecule has 2 heterocycles. The molecule has 13 rings (SSSR count). The summed E-state index contributed by atoms with van der Waals surface area (Å²) < 4.78 is 2.43. The van der Waals surface area contributed by atoms with Crippen molar-refractivity contribution in [2.45, 2.75) is 0 Å². The van der Waals surface area contributed by atoms with Crippen LogP contribution in [0.3, 0.4) is 0 Å². The fraction of sp³-hybridized carbons (Fsp3) is 0. The summed E-state index contributed by atoms with van der Waals surface area (Å²) in [6.07, 6.45) is 0. The van der Waals surface area contributed by atoms with Crippen LogP contribution in [0.2, 0.25) is 0 Å². The number of rotatable bonds is 7. The molecule has 0 unspecified atom stereocenters. The molecule has 0 saturated heterocycles. The zero-order valence-electron chi connectivity index (χ0n) is 36.5. The molecule has 2 aromatic heterocycles. The average Bonchev–Trinajstić information content (AvgIpc) is 3.75. The highest BCUT2D eigenvalue weighted by molar-refractivity contribution is 6.25. The predicted octanol–water partition coefficient (Wildman–Crippen LogP) is 17.0. The van der Waals surface area contributed by atoms with Gasteiger partial charge >= 0.3 is 0 Å². The van der Waals surface area contributed by atoms with E-state index in [4.69, 9.17) is 9.97 Å². The van der Waals surface area contributed by atoms with Gasteiger partial charge in [-0.2, -0.15) is 0 Å². The van der Waals surface area contributed by atoms with Gasteiger partial charge in [0, 0.05) is 33.2 Å². The van der Waals surface area contributed by atoms with Gasteiger partial charge in [0.1, 0.15) is 0 Å². The lowest BCUT2D eigenvalue weighted by molar-refractivity contribution is 1.16. The van der Waals surface area contributed by atoms with Crippen LogP contribution in [0.4, 0.5) is 0 Å². The summed E-state index contributed by atoms with van der Waals surface area (Å²) in [6, 6.07) is 89.6. The summed E-state index contributed by atoms with van der Waals surface area (Å²) in [4.78, 5) is 10.9. The second kappa shape index (κ2) is 16.0. The molecule has 0 atom stereocenters. The number of para-hydroxylation sites is 1. The van der Waals surface area contributed by atoms with Crippen molar-refractivity contribution in [2.24, 2.45) is 0 Å². The van der Waals surface area contributed by atoms with Crippen LogP contribution in [-0.2, 0) is 0 Å². The Kier molecular flexibility index (Phi) is 9.17. The van der Waals surface area contributed by atoms with E-state index >= 15 is 0 Å². The summed E-state index contributed by atoms with van der Waals surface area (Å²) in [5.74, 6) is 0.660. The molecule has 312 valence electrons. The van der Waals surface area contributed by atoms with Crippen LogP contribution in [0.25, 0.3) is 127 Å². The molecular weight excluding hydrogens is 811 g/mol. The van der Waals surface area contributed by atoms with E-state index in [0.717, 1.165) is 67.1 Å². The maximum atomic E-state index is 5.47. The Morgan fingerprint density at radius 2 is 0.657 bits per heavy atom. The van der Waals surface area contributed by atoms with E-state index in [1.54, 1.807) is 0 Å². The molecule has 13 aromatic rings. The zero-order valence-corrected chi connectivity index (χ0v) is 36.5. The number of hydrogen-bond donors (Lipinski definition) is 0. The van der Waals surface area contributed by atoms with E-state index in [0.29, 0.717) is 5.82 Å². The molecule has 0 fully saturated rings. The maximum absolute atomic E-state index is 5.47. The van der Waals surface area contributed by atoms with Crippen LogP contribution in [0.1, 0.15) is 0 Å². The molecule has 0 aliphatic carbocycles. The van der Waals surface area contributed by atoms with Crippen LogP contribution >= 0.6 is 0 Å². The molecule has 0 aliphatic heterocycles. The van der Waals surface area contributed by atoms with Crippen molar-refractivity contribution in [1.82, 2.24) is 14.5 Å². The predicted molar refractivity (Wildman–Crippen MR) is 282 cm³/mol. The fourth-order valence-electron chi connectivity index (χ4n) is 10.2. The van der Waals surface area contributed by atoms with Gasteiger partial charge in [0.15, 0.2) is 5.82 Å².